The molecule has 0 atom stereocenters. The second-order valence-electron chi connectivity index (χ2n) is 4.57. The van der Waals surface area contributed by atoms with Crippen LogP contribution in [0.1, 0.15) is 19.8 Å². The summed E-state index contributed by atoms with van der Waals surface area (Å²) in [4.78, 5) is 13.6. The molecule has 90 valence electrons. The fourth-order valence-electron chi connectivity index (χ4n) is 1.86. The van der Waals surface area contributed by atoms with E-state index >= 15 is 0 Å². The molecule has 1 heterocycles. The van der Waals surface area contributed by atoms with Crippen molar-refractivity contribution in [3.05, 3.63) is 0 Å². The third-order valence-electron chi connectivity index (χ3n) is 3.32. The highest BCUT2D eigenvalue weighted by Crippen LogP contribution is 2.20. The quantitative estimate of drug-likeness (QED) is 0.649. The van der Waals surface area contributed by atoms with Crippen LogP contribution in [0.4, 0.5) is 0 Å². The number of piperidine rings is 1. The van der Waals surface area contributed by atoms with Gasteiger partial charge in [0.1, 0.15) is 0 Å². The Hall–Kier alpha value is -1.05. The molecular formula is C12H21N3O. The van der Waals surface area contributed by atoms with Crippen molar-refractivity contribution in [2.75, 3.05) is 33.2 Å². The van der Waals surface area contributed by atoms with Crippen LogP contribution < -0.4 is 10.6 Å². The minimum absolute atomic E-state index is 0.0195. The van der Waals surface area contributed by atoms with Crippen LogP contribution in [0.3, 0.4) is 0 Å². The van der Waals surface area contributed by atoms with Crippen molar-refractivity contribution in [3.63, 3.8) is 0 Å². The zero-order chi connectivity index (χ0) is 12.0. The van der Waals surface area contributed by atoms with Gasteiger partial charge < -0.3 is 10.6 Å². The fraction of sp³-hybridized carbons (Fsp3) is 0.750. The maximum absolute atomic E-state index is 11.4. The van der Waals surface area contributed by atoms with E-state index in [0.29, 0.717) is 13.1 Å². The summed E-state index contributed by atoms with van der Waals surface area (Å²) in [5.74, 6) is 2.42. The van der Waals surface area contributed by atoms with E-state index in [1.807, 2.05) is 7.05 Å². The second-order valence-corrected chi connectivity index (χ2v) is 4.57. The zero-order valence-corrected chi connectivity index (χ0v) is 10.2. The molecule has 0 bridgehead atoms. The summed E-state index contributed by atoms with van der Waals surface area (Å²) < 4.78 is 0. The summed E-state index contributed by atoms with van der Waals surface area (Å²) in [5, 5.41) is 6.02. The van der Waals surface area contributed by atoms with Crippen LogP contribution in [-0.2, 0) is 4.79 Å². The number of likely N-dealkylation sites (tertiary alicyclic amines) is 1. The van der Waals surface area contributed by atoms with Gasteiger partial charge in [0.25, 0.3) is 0 Å². The predicted molar refractivity (Wildman–Crippen MR) is 65.0 cm³/mol. The third kappa shape index (κ3) is 3.84. The topological polar surface area (TPSA) is 44.4 Å². The van der Waals surface area contributed by atoms with E-state index in [1.54, 1.807) is 0 Å². The van der Waals surface area contributed by atoms with E-state index in [-0.39, 0.29) is 11.4 Å². The lowest BCUT2D eigenvalue weighted by Crippen LogP contribution is -2.51. The van der Waals surface area contributed by atoms with Gasteiger partial charge in [-0.3, -0.25) is 9.69 Å². The van der Waals surface area contributed by atoms with Crippen molar-refractivity contribution >= 4 is 5.91 Å². The molecule has 0 aromatic rings. The molecule has 4 heteroatoms. The minimum Gasteiger partial charge on any atom is -0.344 e. The highest BCUT2D eigenvalue weighted by molar-refractivity contribution is 5.78. The standard InChI is InChI=1S/C12H21N3O/c1-4-7-14-11(16)10-15-8-5-12(2,13-3)6-9-15/h1,13H,5-10H2,2-3H3,(H,14,16). The van der Waals surface area contributed by atoms with Gasteiger partial charge in [0.15, 0.2) is 0 Å². The molecule has 0 aliphatic carbocycles. The zero-order valence-electron chi connectivity index (χ0n) is 10.2. The van der Waals surface area contributed by atoms with Crippen molar-refractivity contribution < 1.29 is 4.79 Å². The first-order valence-corrected chi connectivity index (χ1v) is 5.71. The molecule has 0 saturated carbocycles. The molecule has 1 fully saturated rings. The van der Waals surface area contributed by atoms with Crippen LogP contribution in [0.25, 0.3) is 0 Å². The summed E-state index contributed by atoms with van der Waals surface area (Å²) in [6.45, 7) is 4.92. The number of rotatable bonds is 4. The van der Waals surface area contributed by atoms with E-state index < -0.39 is 0 Å². The molecule has 4 nitrogen and oxygen atoms in total. The van der Waals surface area contributed by atoms with Crippen molar-refractivity contribution in [2.45, 2.75) is 25.3 Å². The number of carbonyl (C=O) groups is 1. The van der Waals surface area contributed by atoms with Crippen molar-refractivity contribution in [3.8, 4) is 12.3 Å². The molecule has 1 amide bonds. The first-order chi connectivity index (χ1) is 7.59. The Morgan fingerprint density at radius 1 is 1.50 bits per heavy atom. The Bertz CT molecular complexity index is 274. The van der Waals surface area contributed by atoms with Gasteiger partial charge in [-0.2, -0.15) is 0 Å². The van der Waals surface area contributed by atoms with Gasteiger partial charge in [-0.05, 0) is 26.8 Å². The summed E-state index contributed by atoms with van der Waals surface area (Å²) in [5.41, 5.74) is 0.228. The summed E-state index contributed by atoms with van der Waals surface area (Å²) in [7, 11) is 2.00. The number of carbonyl (C=O) groups excluding carboxylic acids is 1. The largest absolute Gasteiger partial charge is 0.344 e. The molecule has 0 aromatic carbocycles. The molecule has 0 radical (unpaired) electrons. The lowest BCUT2D eigenvalue weighted by Gasteiger charge is -2.38. The lowest BCUT2D eigenvalue weighted by atomic mass is 9.90. The normalized spacial score (nSPS) is 20.1. The number of hydrogen-bond acceptors (Lipinski definition) is 3. The first kappa shape index (κ1) is 13.0. The Kier molecular flexibility index (Phi) is 4.78. The van der Waals surface area contributed by atoms with Crippen LogP contribution in [0, 0.1) is 12.3 Å². The van der Waals surface area contributed by atoms with Gasteiger partial charge in [0.2, 0.25) is 5.91 Å². The summed E-state index contributed by atoms with van der Waals surface area (Å²) >= 11 is 0. The highest BCUT2D eigenvalue weighted by atomic mass is 16.2. The third-order valence-corrected chi connectivity index (χ3v) is 3.32. The van der Waals surface area contributed by atoms with Gasteiger partial charge in [-0.25, -0.2) is 0 Å². The SMILES string of the molecule is C#CCNC(=O)CN1CCC(C)(NC)CC1. The molecular weight excluding hydrogens is 202 g/mol. The molecule has 1 rings (SSSR count). The average Bonchev–Trinajstić information content (AvgIpc) is 2.30. The Morgan fingerprint density at radius 3 is 2.62 bits per heavy atom. The van der Waals surface area contributed by atoms with Crippen molar-refractivity contribution in [2.24, 2.45) is 0 Å². The van der Waals surface area contributed by atoms with Gasteiger partial charge in [-0.15, -0.1) is 6.42 Å². The summed E-state index contributed by atoms with van der Waals surface area (Å²) in [6.07, 6.45) is 7.23. The molecule has 1 saturated heterocycles. The number of hydrogen-bond donors (Lipinski definition) is 2. The Morgan fingerprint density at radius 2 is 2.12 bits per heavy atom. The number of nitrogens with one attached hydrogen (secondary N) is 2. The van der Waals surface area contributed by atoms with E-state index in [4.69, 9.17) is 6.42 Å². The number of nitrogens with zero attached hydrogens (tertiary/aromatic N) is 1. The van der Waals surface area contributed by atoms with E-state index in [9.17, 15) is 4.79 Å². The first-order valence-electron chi connectivity index (χ1n) is 5.71. The van der Waals surface area contributed by atoms with Crippen LogP contribution in [0.2, 0.25) is 0 Å². The second kappa shape index (κ2) is 5.88. The van der Waals surface area contributed by atoms with E-state index in [2.05, 4.69) is 28.4 Å². The monoisotopic (exact) mass is 223 g/mol. The Balaban J connectivity index is 2.27. The maximum atomic E-state index is 11.4. The lowest BCUT2D eigenvalue weighted by molar-refractivity contribution is -0.122. The minimum atomic E-state index is 0.0195. The van der Waals surface area contributed by atoms with Crippen molar-refractivity contribution in [1.82, 2.24) is 15.5 Å². The van der Waals surface area contributed by atoms with E-state index in [0.717, 1.165) is 25.9 Å². The summed E-state index contributed by atoms with van der Waals surface area (Å²) in [6, 6.07) is 0. The molecule has 0 spiro atoms. The van der Waals surface area contributed by atoms with Crippen LogP contribution in [0.15, 0.2) is 0 Å². The van der Waals surface area contributed by atoms with Crippen molar-refractivity contribution in [1.29, 1.82) is 0 Å². The van der Waals surface area contributed by atoms with Gasteiger partial charge in [0.05, 0.1) is 13.1 Å². The Labute approximate surface area is 97.8 Å². The van der Waals surface area contributed by atoms with Gasteiger partial charge in [-0.1, -0.05) is 5.92 Å². The smallest absolute Gasteiger partial charge is 0.234 e. The molecule has 1 aliphatic heterocycles. The van der Waals surface area contributed by atoms with Crippen LogP contribution in [-0.4, -0.2) is 49.6 Å². The van der Waals surface area contributed by atoms with Gasteiger partial charge >= 0.3 is 0 Å². The van der Waals surface area contributed by atoms with Crippen LogP contribution in [0.5, 0.6) is 0 Å². The predicted octanol–water partition coefficient (Wildman–Crippen LogP) is -0.190. The molecule has 2 N–H and O–H groups in total. The van der Waals surface area contributed by atoms with Gasteiger partial charge in [0, 0.05) is 18.6 Å². The molecule has 16 heavy (non-hydrogen) atoms. The van der Waals surface area contributed by atoms with Crippen LogP contribution >= 0.6 is 0 Å². The molecule has 0 unspecified atom stereocenters. The molecule has 1 aliphatic rings. The maximum Gasteiger partial charge on any atom is 0.234 e. The average molecular weight is 223 g/mol. The fourth-order valence-corrected chi connectivity index (χ4v) is 1.86. The number of amides is 1. The highest BCUT2D eigenvalue weighted by Gasteiger charge is 2.28. The number of terminal acetylenes is 1. The molecule has 0 aromatic heterocycles. The van der Waals surface area contributed by atoms with E-state index in [1.165, 1.54) is 0 Å².